The Morgan fingerprint density at radius 3 is 2.35 bits per heavy atom. The smallest absolute Gasteiger partial charge is 0.249 e. The van der Waals surface area contributed by atoms with Crippen LogP contribution in [0, 0.1) is 0 Å². The molecule has 0 aliphatic rings. The number of anilines is 1. The van der Waals surface area contributed by atoms with Gasteiger partial charge in [-0.1, -0.05) is 54.6 Å². The van der Waals surface area contributed by atoms with E-state index in [0.29, 0.717) is 10.7 Å². The fourth-order valence-corrected chi connectivity index (χ4v) is 4.31. The summed E-state index contributed by atoms with van der Waals surface area (Å²) in [6.07, 6.45) is 0.771. The van der Waals surface area contributed by atoms with E-state index in [0.717, 1.165) is 40.1 Å². The predicted molar refractivity (Wildman–Crippen MR) is 125 cm³/mol. The lowest BCUT2D eigenvalue weighted by Gasteiger charge is -2.17. The Hall–Kier alpha value is -3.64. The van der Waals surface area contributed by atoms with Gasteiger partial charge in [0.05, 0.1) is 12.8 Å². The predicted octanol–water partition coefficient (Wildman–Crippen LogP) is 4.87. The molecular formula is C25H23N3O2S. The van der Waals surface area contributed by atoms with E-state index in [1.807, 2.05) is 47.8 Å². The molecule has 0 fully saturated rings. The molecule has 1 aromatic heterocycles. The SMILES string of the molecule is COc1ccc([C@H](Cc2ccc(-c3ccccc3C(N)=O)cc2)c2csc(N)n2)cc1. The zero-order chi connectivity index (χ0) is 21.8. The Morgan fingerprint density at radius 2 is 1.74 bits per heavy atom. The van der Waals surface area contributed by atoms with E-state index in [4.69, 9.17) is 16.2 Å². The molecule has 0 radical (unpaired) electrons. The summed E-state index contributed by atoms with van der Waals surface area (Å²) in [5.74, 6) is 0.460. The van der Waals surface area contributed by atoms with Crippen molar-refractivity contribution in [3.63, 3.8) is 0 Å². The van der Waals surface area contributed by atoms with Gasteiger partial charge in [-0.25, -0.2) is 4.98 Å². The first-order valence-electron chi connectivity index (χ1n) is 9.88. The minimum Gasteiger partial charge on any atom is -0.497 e. The number of aromatic nitrogens is 1. The van der Waals surface area contributed by atoms with Gasteiger partial charge in [-0.2, -0.15) is 0 Å². The lowest BCUT2D eigenvalue weighted by molar-refractivity contribution is 0.100. The van der Waals surface area contributed by atoms with Crippen LogP contribution in [0.3, 0.4) is 0 Å². The first-order chi connectivity index (χ1) is 15.0. The van der Waals surface area contributed by atoms with Crippen molar-refractivity contribution in [2.24, 2.45) is 5.73 Å². The van der Waals surface area contributed by atoms with Gasteiger partial charge in [0.25, 0.3) is 0 Å². The molecule has 0 saturated carbocycles. The lowest BCUT2D eigenvalue weighted by Crippen LogP contribution is -2.12. The standard InChI is InChI=1S/C25H23N3O2S/c1-30-19-12-10-18(11-13-19)22(23-15-31-25(27)28-23)14-16-6-8-17(9-7-16)20-4-2-3-5-21(20)24(26)29/h2-13,15,22H,14H2,1H3,(H2,26,29)(H2,27,28)/t22-/m0/s1. The van der Waals surface area contributed by atoms with Crippen LogP contribution in [-0.4, -0.2) is 18.0 Å². The number of rotatable bonds is 7. The van der Waals surface area contributed by atoms with Crippen LogP contribution >= 0.6 is 11.3 Å². The maximum absolute atomic E-state index is 11.8. The number of methoxy groups -OCH3 is 1. The summed E-state index contributed by atoms with van der Waals surface area (Å²) in [5.41, 5.74) is 17.0. The van der Waals surface area contributed by atoms with Crippen molar-refractivity contribution in [2.75, 3.05) is 12.8 Å². The Bertz CT molecular complexity index is 1180. The largest absolute Gasteiger partial charge is 0.497 e. The van der Waals surface area contributed by atoms with Crippen molar-refractivity contribution in [2.45, 2.75) is 12.3 Å². The molecule has 1 amide bonds. The Kier molecular flexibility index (Phi) is 6.00. The van der Waals surface area contributed by atoms with Crippen molar-refractivity contribution < 1.29 is 9.53 Å². The minimum atomic E-state index is -0.430. The van der Waals surface area contributed by atoms with E-state index < -0.39 is 5.91 Å². The zero-order valence-corrected chi connectivity index (χ0v) is 17.9. The van der Waals surface area contributed by atoms with Gasteiger partial charge in [-0.15, -0.1) is 11.3 Å². The molecule has 4 N–H and O–H groups in total. The van der Waals surface area contributed by atoms with Crippen LogP contribution in [-0.2, 0) is 6.42 Å². The minimum absolute atomic E-state index is 0.0724. The van der Waals surface area contributed by atoms with Gasteiger partial charge >= 0.3 is 0 Å². The highest BCUT2D eigenvalue weighted by Crippen LogP contribution is 2.32. The second-order valence-electron chi connectivity index (χ2n) is 7.25. The average molecular weight is 430 g/mol. The van der Waals surface area contributed by atoms with Crippen molar-refractivity contribution >= 4 is 22.4 Å². The van der Waals surface area contributed by atoms with Crippen molar-refractivity contribution in [1.29, 1.82) is 0 Å². The topological polar surface area (TPSA) is 91.2 Å². The summed E-state index contributed by atoms with van der Waals surface area (Å²) >= 11 is 1.45. The van der Waals surface area contributed by atoms with Gasteiger partial charge in [0.2, 0.25) is 5.91 Å². The molecule has 4 rings (SSSR count). The van der Waals surface area contributed by atoms with Crippen LogP contribution in [0.1, 0.15) is 33.1 Å². The number of primary amides is 1. The van der Waals surface area contributed by atoms with Gasteiger partial charge < -0.3 is 16.2 Å². The highest BCUT2D eigenvalue weighted by Gasteiger charge is 2.18. The molecule has 6 heteroatoms. The van der Waals surface area contributed by atoms with E-state index in [2.05, 4.69) is 29.2 Å². The fourth-order valence-electron chi connectivity index (χ4n) is 3.70. The normalized spacial score (nSPS) is 11.8. The second kappa shape index (κ2) is 9.02. The second-order valence-corrected chi connectivity index (χ2v) is 8.14. The highest BCUT2D eigenvalue weighted by atomic mass is 32.1. The maximum atomic E-state index is 11.8. The molecule has 0 aliphatic heterocycles. The molecule has 0 aliphatic carbocycles. The van der Waals surface area contributed by atoms with E-state index in [-0.39, 0.29) is 5.92 Å². The average Bonchev–Trinajstić information content (AvgIpc) is 3.24. The number of nitrogen functional groups attached to an aromatic ring is 1. The monoisotopic (exact) mass is 429 g/mol. The number of amides is 1. The maximum Gasteiger partial charge on any atom is 0.249 e. The van der Waals surface area contributed by atoms with Crippen LogP contribution in [0.4, 0.5) is 5.13 Å². The number of hydrogen-bond acceptors (Lipinski definition) is 5. The van der Waals surface area contributed by atoms with Crippen molar-refractivity contribution in [3.8, 4) is 16.9 Å². The third-order valence-corrected chi connectivity index (χ3v) is 6.00. The molecule has 0 unspecified atom stereocenters. The van der Waals surface area contributed by atoms with Crippen LogP contribution in [0.5, 0.6) is 5.75 Å². The molecule has 0 saturated heterocycles. The molecule has 5 nitrogen and oxygen atoms in total. The number of carbonyl (C=O) groups excluding carboxylic acids is 1. The first kappa shape index (κ1) is 20.6. The Balaban J connectivity index is 1.64. The molecule has 31 heavy (non-hydrogen) atoms. The third-order valence-electron chi connectivity index (χ3n) is 5.31. The van der Waals surface area contributed by atoms with E-state index >= 15 is 0 Å². The molecule has 156 valence electrons. The first-order valence-corrected chi connectivity index (χ1v) is 10.8. The summed E-state index contributed by atoms with van der Waals surface area (Å²) in [7, 11) is 1.66. The van der Waals surface area contributed by atoms with Gasteiger partial charge in [0.1, 0.15) is 5.75 Å². The summed E-state index contributed by atoms with van der Waals surface area (Å²) in [4.78, 5) is 16.3. The van der Waals surface area contributed by atoms with Crippen LogP contribution in [0.2, 0.25) is 0 Å². The highest BCUT2D eigenvalue weighted by molar-refractivity contribution is 7.13. The number of benzene rings is 3. The van der Waals surface area contributed by atoms with E-state index in [1.165, 1.54) is 11.3 Å². The summed E-state index contributed by atoms with van der Waals surface area (Å²) in [6.45, 7) is 0. The number of hydrogen-bond donors (Lipinski definition) is 2. The number of nitrogens with zero attached hydrogens (tertiary/aromatic N) is 1. The number of carbonyl (C=O) groups is 1. The van der Waals surface area contributed by atoms with Gasteiger partial charge in [-0.3, -0.25) is 4.79 Å². The quantitative estimate of drug-likeness (QED) is 0.438. The Labute approximate surface area is 185 Å². The van der Waals surface area contributed by atoms with Gasteiger partial charge in [0, 0.05) is 16.9 Å². The fraction of sp³-hybridized carbons (Fsp3) is 0.120. The lowest BCUT2D eigenvalue weighted by atomic mass is 9.89. The van der Waals surface area contributed by atoms with Crippen LogP contribution in [0.25, 0.3) is 11.1 Å². The molecule has 0 bridgehead atoms. The third kappa shape index (κ3) is 4.59. The van der Waals surface area contributed by atoms with Gasteiger partial charge in [-0.05, 0) is 46.9 Å². The molecule has 0 spiro atoms. The molecule has 3 aromatic carbocycles. The van der Waals surface area contributed by atoms with E-state index in [1.54, 1.807) is 13.2 Å². The molecule has 4 aromatic rings. The Morgan fingerprint density at radius 1 is 1.03 bits per heavy atom. The summed E-state index contributed by atoms with van der Waals surface area (Å²) < 4.78 is 5.29. The van der Waals surface area contributed by atoms with Crippen LogP contribution < -0.4 is 16.2 Å². The summed E-state index contributed by atoms with van der Waals surface area (Å²) in [5, 5.41) is 2.58. The van der Waals surface area contributed by atoms with Crippen molar-refractivity contribution in [3.05, 3.63) is 101 Å². The molecular weight excluding hydrogens is 406 g/mol. The van der Waals surface area contributed by atoms with Gasteiger partial charge in [0.15, 0.2) is 5.13 Å². The molecule has 1 atom stereocenters. The number of nitrogens with two attached hydrogens (primary N) is 2. The number of thiazole rings is 1. The zero-order valence-electron chi connectivity index (χ0n) is 17.1. The van der Waals surface area contributed by atoms with E-state index in [9.17, 15) is 4.79 Å². The van der Waals surface area contributed by atoms with Crippen LogP contribution in [0.15, 0.2) is 78.2 Å². The number of ether oxygens (including phenoxy) is 1. The van der Waals surface area contributed by atoms with Crippen molar-refractivity contribution in [1.82, 2.24) is 4.98 Å². The molecule has 1 heterocycles. The summed E-state index contributed by atoms with van der Waals surface area (Å²) in [6, 6.07) is 23.6.